The van der Waals surface area contributed by atoms with E-state index >= 15 is 0 Å². The van der Waals surface area contributed by atoms with Crippen molar-refractivity contribution in [2.45, 2.75) is 355 Å². The van der Waals surface area contributed by atoms with E-state index in [1.165, 1.54) is 0 Å². The van der Waals surface area contributed by atoms with Gasteiger partial charge in [-0.3, -0.25) is 28.4 Å². The summed E-state index contributed by atoms with van der Waals surface area (Å²) in [7, 11) is 27.9. The Morgan fingerprint density at radius 2 is 0.866 bits per heavy atom. The summed E-state index contributed by atoms with van der Waals surface area (Å²) < 4.78 is 164. The molecule has 0 aromatic heterocycles. The maximum absolute atomic E-state index is 12.4. The summed E-state index contributed by atoms with van der Waals surface area (Å²) in [6, 6.07) is -5.36. The van der Waals surface area contributed by atoms with Gasteiger partial charge in [-0.25, -0.2) is 0 Å². The molecule has 36 nitrogen and oxygen atoms in total. The molecule has 10 aliphatic rings. The molecule has 0 aliphatic carbocycles. The van der Waals surface area contributed by atoms with Gasteiger partial charge in [0.1, 0.15) is 161 Å². The van der Waals surface area contributed by atoms with Gasteiger partial charge in [0.2, 0.25) is 15.5 Å². The first-order valence-electron chi connectivity index (χ1n) is 38.1. The highest BCUT2D eigenvalue weighted by molar-refractivity contribution is 7.49. The predicted octanol–water partition coefficient (Wildman–Crippen LogP) is -3.90. The fraction of sp³-hybridized carbons (Fsp3) is 1.00. The lowest BCUT2D eigenvalue weighted by Gasteiger charge is -2.32. The summed E-state index contributed by atoms with van der Waals surface area (Å²) >= 11 is 0. The average Bonchev–Trinajstić information content (AvgIpc) is 1.63. The van der Waals surface area contributed by atoms with E-state index in [0.717, 1.165) is 19.4 Å². The van der Waals surface area contributed by atoms with Crippen LogP contribution in [-0.2, 0) is 121 Å². The number of aliphatic hydroxyl groups excluding tert-OH is 2. The number of hydrogen-bond donors (Lipinski definition) is 6. The Morgan fingerprint density at radius 3 is 1.38 bits per heavy atom. The number of fused-ring (bicyclic) bond motifs is 3. The summed E-state index contributed by atoms with van der Waals surface area (Å²) in [5.41, 5.74) is 7.76. The fourth-order valence-electron chi connectivity index (χ4n) is 12.7. The number of nitrogens with one attached hydrogen (secondary N) is 2. The van der Waals surface area contributed by atoms with Crippen LogP contribution in [-0.4, -0.2) is 345 Å². The summed E-state index contributed by atoms with van der Waals surface area (Å²) in [5, 5.41) is 25.0. The second kappa shape index (κ2) is 47.7. The molecule has 0 amide bonds. The minimum Gasteiger partial charge on any atom is -0.766 e. The van der Waals surface area contributed by atoms with E-state index in [9.17, 15) is 48.0 Å². The molecular weight excluding hydrogens is 1550 g/mol. The zero-order valence-corrected chi connectivity index (χ0v) is 70.8. The molecule has 112 heavy (non-hydrogen) atoms. The molecule has 632 valence electrons. The second-order valence-corrected chi connectivity index (χ2v) is 36.2. The molecule has 10 aliphatic heterocycles. The van der Waals surface area contributed by atoms with E-state index in [-0.39, 0.29) is 131 Å². The summed E-state index contributed by atoms with van der Waals surface area (Å²) in [6.45, 7) is 31.5. The molecule has 10 heterocycles. The molecular formula is C64H118B8N4O32P4-2. The molecule has 12 unspecified atom stereocenters. The SMILES string of the molecule is [B][C@@H]1O[C@@H]2COP(=O)([O-])O[C@@H]1C2OC(C)C.[B][C@@H]1O[C@H](COC(C)C)C(OP(=O)([O-])NC[C@H]2O[C@@H]([B])CC2OC(C)C)[C@@H]1O.[B][C@@H]1O[C@H](COC(C)C)C2OP(=O)([O-])O[C@@H]21.[B][C@@H]1O[C@H](COP(=O)([O-])NC2C[C@H]([B])O[C@@H]2COC(C)C)C(OC(C)C)[C@H]1O.[B][C@H]1CC(OC(C)C)[C@@H](C[NH3+])O1.[B][C@H]1CC([NH3+])[C@@H](COC(C)C)O1. The van der Waals surface area contributed by atoms with Crippen LogP contribution in [0.15, 0.2) is 0 Å². The quantitative estimate of drug-likeness (QED) is 0.0285. The molecule has 10 rings (SSSR count). The minimum atomic E-state index is -4.55. The van der Waals surface area contributed by atoms with E-state index in [0.29, 0.717) is 19.4 Å². The van der Waals surface area contributed by atoms with Crippen molar-refractivity contribution >= 4 is 93.9 Å². The summed E-state index contributed by atoms with van der Waals surface area (Å²) in [6.07, 6.45) is -8.44. The van der Waals surface area contributed by atoms with E-state index < -0.39 is 159 Å². The van der Waals surface area contributed by atoms with Crippen LogP contribution < -0.4 is 41.2 Å². The summed E-state index contributed by atoms with van der Waals surface area (Å²) in [5.74, 6) is 0. The fourth-order valence-corrected chi connectivity index (χ4v) is 16.9. The number of rotatable bonds is 31. The van der Waals surface area contributed by atoms with E-state index in [1.54, 1.807) is 13.8 Å². The molecule has 48 heteroatoms. The van der Waals surface area contributed by atoms with Gasteiger partial charge in [0.25, 0.3) is 15.6 Å². The first-order chi connectivity index (χ1) is 52.0. The van der Waals surface area contributed by atoms with E-state index in [4.69, 9.17) is 161 Å². The molecule has 0 saturated carbocycles. The van der Waals surface area contributed by atoms with Crippen molar-refractivity contribution in [3.05, 3.63) is 0 Å². The molecule has 0 spiro atoms. The Kier molecular flexibility index (Phi) is 43.7. The predicted molar refractivity (Wildman–Crippen MR) is 401 cm³/mol. The molecule has 10 saturated heterocycles. The van der Waals surface area contributed by atoms with Gasteiger partial charge in [-0.15, -0.1) is 0 Å². The van der Waals surface area contributed by atoms with Gasteiger partial charge in [0, 0.05) is 67.0 Å². The first kappa shape index (κ1) is 103. The maximum atomic E-state index is 12.4. The van der Waals surface area contributed by atoms with Crippen LogP contribution >= 0.6 is 31.1 Å². The van der Waals surface area contributed by atoms with Crippen molar-refractivity contribution in [2.24, 2.45) is 0 Å². The highest BCUT2D eigenvalue weighted by Crippen LogP contribution is 2.53. The lowest BCUT2D eigenvalue weighted by Crippen LogP contribution is -2.65. The zero-order valence-electron chi connectivity index (χ0n) is 67.2. The van der Waals surface area contributed by atoms with Crippen LogP contribution in [0.25, 0.3) is 0 Å². The number of phosphoric acid groups is 2. The molecule has 0 aromatic rings. The van der Waals surface area contributed by atoms with Gasteiger partial charge in [0.15, 0.2) is 0 Å². The van der Waals surface area contributed by atoms with Gasteiger partial charge in [-0.2, -0.15) is 0 Å². The van der Waals surface area contributed by atoms with Crippen LogP contribution in [0.1, 0.15) is 136 Å². The third-order valence-electron chi connectivity index (χ3n) is 17.6. The second-order valence-electron chi connectivity index (χ2n) is 30.5. The molecule has 2 bridgehead atoms. The normalized spacial score (nSPS) is 40.6. The first-order valence-corrected chi connectivity index (χ1v) is 44.1. The number of hydrogen-bond acceptors (Lipinski definition) is 32. The maximum Gasteiger partial charge on any atom is 0.268 e. The van der Waals surface area contributed by atoms with Gasteiger partial charge < -0.3 is 144 Å². The Labute approximate surface area is 671 Å². The Hall–Kier alpha value is 0.159. The van der Waals surface area contributed by atoms with Crippen molar-refractivity contribution in [3.8, 4) is 0 Å². The van der Waals surface area contributed by atoms with Crippen LogP contribution in [0, 0.1) is 0 Å². The highest BCUT2D eigenvalue weighted by atomic mass is 31.2. The van der Waals surface area contributed by atoms with E-state index in [2.05, 4.69) is 26.2 Å². The topological polar surface area (TPSA) is 483 Å². The van der Waals surface area contributed by atoms with Crippen molar-refractivity contribution < 1.29 is 162 Å². The molecule has 10 fully saturated rings. The van der Waals surface area contributed by atoms with Crippen molar-refractivity contribution in [1.82, 2.24) is 10.2 Å². The van der Waals surface area contributed by atoms with Crippen LogP contribution in [0.2, 0.25) is 0 Å². The van der Waals surface area contributed by atoms with Gasteiger partial charge in [-0.05, 0) is 130 Å². The number of aliphatic hydroxyl groups is 2. The van der Waals surface area contributed by atoms with Crippen LogP contribution in [0.4, 0.5) is 0 Å². The van der Waals surface area contributed by atoms with Crippen molar-refractivity contribution in [2.75, 3.05) is 52.7 Å². The number of quaternary nitrogens is 2. The summed E-state index contributed by atoms with van der Waals surface area (Å²) in [4.78, 5) is 47.2. The zero-order chi connectivity index (χ0) is 84.2. The third kappa shape index (κ3) is 35.2. The molecule has 32 atom stereocenters. The number of ether oxygens (including phenoxy) is 16. The van der Waals surface area contributed by atoms with Gasteiger partial charge in [-0.1, -0.05) is 0 Å². The van der Waals surface area contributed by atoms with E-state index in [1.807, 2.05) is 96.9 Å². The average molecular weight is 1670 g/mol. The highest BCUT2D eigenvalue weighted by Gasteiger charge is 2.53. The smallest absolute Gasteiger partial charge is 0.268 e. The van der Waals surface area contributed by atoms with Crippen molar-refractivity contribution in [1.29, 1.82) is 0 Å². The Balaban J connectivity index is 0.000000248. The monoisotopic (exact) mass is 1670 g/mol. The minimum absolute atomic E-state index is 0.0237. The lowest BCUT2D eigenvalue weighted by molar-refractivity contribution is -0.428. The molecule has 16 radical (unpaired) electrons. The van der Waals surface area contributed by atoms with Crippen LogP contribution in [0.5, 0.6) is 0 Å². The lowest BCUT2D eigenvalue weighted by atomic mass is 9.93. The molecule has 10 N–H and O–H groups in total. The Morgan fingerprint density at radius 1 is 0.455 bits per heavy atom. The van der Waals surface area contributed by atoms with Crippen molar-refractivity contribution in [3.63, 3.8) is 0 Å². The van der Waals surface area contributed by atoms with Gasteiger partial charge >= 0.3 is 0 Å². The Bertz CT molecular complexity index is 2910. The molecule has 0 aromatic carbocycles. The van der Waals surface area contributed by atoms with Gasteiger partial charge in [0.05, 0.1) is 113 Å². The number of phosphoric ester groups is 2. The standard InChI is InChI=1S/2C16H30B2NO8P.2C8H16BNO2.2C8H14BO6P/c1-8(2)23-6-11-10(5-13(17)26-11)19-28(21,22)24-7-12-15(25-9(3)4)14(20)16(18)27-12;1-8(2)23-7-12-15(14(20)16(18)26-12)27-28(21,22)19-6-11-10(24-9(3)4)5-13(17)25-11;1-5(2)11-4-7-6(10)3-8(9)12-7;1-5(2)11-6-3-8(9)12-7(6)4-10;1-4(2)13-6-5-3-12-16(10,11)15-7(6)8(9)14-5;1-4(2)12-3-5-6-7(8(9)13-5)15-16(10,11)14-6/h2*8-16,20H,5-7H2,1-4H3,(H2,19,21,22);2*5-8H,3-4,10H2,1-2H3;2*4-8H,3H2,1-2H3,(H,10,11)/p-2/t10?,11-,12-,13-,14-,15?,16-;10?,11-,12-,13-,14+,15?,16-;2*6?,7-,8-;5-,6?,7-,8-;5-,6?,7+,8-/m111111/s1. The largest absolute Gasteiger partial charge is 0.766 e. The third-order valence-corrected chi connectivity index (χ3v) is 21.8. The van der Waals surface area contributed by atoms with Crippen LogP contribution in [0.3, 0.4) is 0 Å².